The maximum Gasteiger partial charge on any atom is 0.258 e. The van der Waals surface area contributed by atoms with Crippen LogP contribution in [0.1, 0.15) is 24.2 Å². The molecule has 7 heteroatoms. The Morgan fingerprint density at radius 2 is 2.04 bits per heavy atom. The van der Waals surface area contributed by atoms with Crippen molar-refractivity contribution in [2.24, 2.45) is 0 Å². The molecule has 3 rings (SSSR count). The van der Waals surface area contributed by atoms with Gasteiger partial charge in [0.15, 0.2) is 0 Å². The Morgan fingerprint density at radius 1 is 1.25 bits per heavy atom. The molecule has 0 saturated heterocycles. The van der Waals surface area contributed by atoms with Gasteiger partial charge in [0.25, 0.3) is 5.56 Å². The van der Waals surface area contributed by atoms with Crippen LogP contribution in [-0.4, -0.2) is 9.38 Å². The quantitative estimate of drug-likeness (QED) is 0.736. The topological polar surface area (TPSA) is 46.4 Å². The molecule has 0 fully saturated rings. The van der Waals surface area contributed by atoms with Crippen LogP contribution in [0.25, 0.3) is 5.65 Å². The van der Waals surface area contributed by atoms with E-state index in [1.54, 1.807) is 25.3 Å². The molecule has 0 radical (unpaired) electrons. The van der Waals surface area contributed by atoms with Crippen molar-refractivity contribution in [2.75, 3.05) is 0 Å². The molecule has 0 aliphatic rings. The summed E-state index contributed by atoms with van der Waals surface area (Å²) >= 11 is 3.31. The van der Waals surface area contributed by atoms with Crippen LogP contribution in [0.3, 0.4) is 0 Å². The zero-order chi connectivity index (χ0) is 17.3. The summed E-state index contributed by atoms with van der Waals surface area (Å²) in [5.41, 5.74) is 1.25. The van der Waals surface area contributed by atoms with Gasteiger partial charge in [-0.2, -0.15) is 0 Å². The van der Waals surface area contributed by atoms with E-state index < -0.39 is 11.6 Å². The third-order valence-electron chi connectivity index (χ3n) is 3.69. The fraction of sp³-hybridized carbons (Fsp3) is 0.176. The third-order valence-corrected chi connectivity index (χ3v) is 4.16. The standard InChI is InChI=1S/C17H14BrF2N3O/c1-10(14-4-3-12(19)6-15(14)20)21-8-13-7-17(24)23-9-11(18)2-5-16(23)22-13/h2-7,9-10,21H,8H2,1H3/t10-/m0/s1. The third kappa shape index (κ3) is 3.52. The average molecular weight is 394 g/mol. The minimum Gasteiger partial charge on any atom is -0.304 e. The van der Waals surface area contributed by atoms with Crippen molar-refractivity contribution in [3.05, 3.63) is 80.3 Å². The molecule has 0 spiro atoms. The first-order valence-electron chi connectivity index (χ1n) is 7.30. The highest BCUT2D eigenvalue weighted by atomic mass is 79.9. The van der Waals surface area contributed by atoms with E-state index in [-0.39, 0.29) is 11.6 Å². The van der Waals surface area contributed by atoms with Crippen LogP contribution in [0.4, 0.5) is 8.78 Å². The van der Waals surface area contributed by atoms with Gasteiger partial charge in [-0.15, -0.1) is 0 Å². The van der Waals surface area contributed by atoms with Crippen LogP contribution in [0.15, 0.2) is 51.9 Å². The fourth-order valence-electron chi connectivity index (χ4n) is 2.44. The van der Waals surface area contributed by atoms with E-state index in [9.17, 15) is 13.6 Å². The molecule has 2 aromatic heterocycles. The lowest BCUT2D eigenvalue weighted by Crippen LogP contribution is -2.22. The lowest BCUT2D eigenvalue weighted by molar-refractivity contribution is 0.515. The summed E-state index contributed by atoms with van der Waals surface area (Å²) in [5, 5.41) is 3.10. The summed E-state index contributed by atoms with van der Waals surface area (Å²) in [6.07, 6.45) is 1.65. The van der Waals surface area contributed by atoms with Crippen molar-refractivity contribution in [1.29, 1.82) is 0 Å². The molecule has 2 heterocycles. The zero-order valence-electron chi connectivity index (χ0n) is 12.8. The number of pyridine rings is 1. The number of hydrogen-bond acceptors (Lipinski definition) is 3. The van der Waals surface area contributed by atoms with Crippen molar-refractivity contribution < 1.29 is 8.78 Å². The van der Waals surface area contributed by atoms with Crippen LogP contribution < -0.4 is 10.9 Å². The normalized spacial score (nSPS) is 12.5. The molecular formula is C17H14BrF2N3O. The molecule has 1 aromatic carbocycles. The Morgan fingerprint density at radius 3 is 2.79 bits per heavy atom. The van der Waals surface area contributed by atoms with Crippen molar-refractivity contribution in [1.82, 2.24) is 14.7 Å². The number of nitrogens with zero attached hydrogens (tertiary/aromatic N) is 2. The molecular weight excluding hydrogens is 380 g/mol. The maximum atomic E-state index is 13.8. The van der Waals surface area contributed by atoms with E-state index >= 15 is 0 Å². The first kappa shape index (κ1) is 16.7. The summed E-state index contributed by atoms with van der Waals surface area (Å²) in [6, 6.07) is 8.09. The molecule has 0 aliphatic heterocycles. The Labute approximate surface area is 145 Å². The SMILES string of the molecule is C[C@H](NCc1cc(=O)n2cc(Br)ccc2n1)c1ccc(F)cc1F. The van der Waals surface area contributed by atoms with Gasteiger partial charge < -0.3 is 5.32 Å². The van der Waals surface area contributed by atoms with Gasteiger partial charge in [-0.05, 0) is 41.1 Å². The monoisotopic (exact) mass is 393 g/mol. The predicted octanol–water partition coefficient (Wildman–Crippen LogP) is 3.59. The number of fused-ring (bicyclic) bond motifs is 1. The highest BCUT2D eigenvalue weighted by molar-refractivity contribution is 9.10. The van der Waals surface area contributed by atoms with E-state index in [1.165, 1.54) is 22.6 Å². The van der Waals surface area contributed by atoms with Crippen molar-refractivity contribution >= 4 is 21.6 Å². The van der Waals surface area contributed by atoms with Crippen molar-refractivity contribution in [3.63, 3.8) is 0 Å². The van der Waals surface area contributed by atoms with Gasteiger partial charge in [0.05, 0.1) is 5.69 Å². The van der Waals surface area contributed by atoms with Crippen LogP contribution in [-0.2, 0) is 6.54 Å². The van der Waals surface area contributed by atoms with Crippen LogP contribution >= 0.6 is 15.9 Å². The first-order chi connectivity index (χ1) is 11.4. The summed E-state index contributed by atoms with van der Waals surface area (Å²) < 4.78 is 29.0. The van der Waals surface area contributed by atoms with Gasteiger partial charge >= 0.3 is 0 Å². The fourth-order valence-corrected chi connectivity index (χ4v) is 2.77. The molecule has 1 N–H and O–H groups in total. The smallest absolute Gasteiger partial charge is 0.258 e. The second-order valence-corrected chi connectivity index (χ2v) is 6.35. The molecule has 0 aliphatic carbocycles. The van der Waals surface area contributed by atoms with Crippen molar-refractivity contribution in [3.8, 4) is 0 Å². The molecule has 4 nitrogen and oxygen atoms in total. The molecule has 1 atom stereocenters. The summed E-state index contributed by atoms with van der Waals surface area (Å²) in [5.74, 6) is -1.22. The van der Waals surface area contributed by atoms with Gasteiger partial charge in [-0.3, -0.25) is 9.20 Å². The average Bonchev–Trinajstić information content (AvgIpc) is 2.53. The van der Waals surface area contributed by atoms with E-state index in [1.807, 2.05) is 0 Å². The van der Waals surface area contributed by atoms with Crippen LogP contribution in [0.5, 0.6) is 0 Å². The highest BCUT2D eigenvalue weighted by Crippen LogP contribution is 2.18. The molecule has 3 aromatic rings. The Balaban J connectivity index is 1.80. The lowest BCUT2D eigenvalue weighted by atomic mass is 10.1. The molecule has 0 unspecified atom stereocenters. The number of halogens is 3. The van der Waals surface area contributed by atoms with Gasteiger partial charge in [-0.25, -0.2) is 13.8 Å². The Hall–Kier alpha value is -2.12. The number of rotatable bonds is 4. The zero-order valence-corrected chi connectivity index (χ0v) is 14.3. The largest absolute Gasteiger partial charge is 0.304 e. The molecule has 0 bridgehead atoms. The highest BCUT2D eigenvalue weighted by Gasteiger charge is 2.12. The Kier molecular flexibility index (Phi) is 4.73. The van der Waals surface area contributed by atoms with Gasteiger partial charge in [0.2, 0.25) is 0 Å². The summed E-state index contributed by atoms with van der Waals surface area (Å²) in [4.78, 5) is 16.5. The number of hydrogen-bond donors (Lipinski definition) is 1. The Bertz CT molecular complexity index is 958. The minimum atomic E-state index is -0.612. The van der Waals surface area contributed by atoms with Gasteiger partial charge in [0.1, 0.15) is 17.3 Å². The lowest BCUT2D eigenvalue weighted by Gasteiger charge is -2.15. The summed E-state index contributed by atoms with van der Waals surface area (Å²) in [6.45, 7) is 2.06. The van der Waals surface area contributed by atoms with E-state index in [0.29, 0.717) is 23.4 Å². The van der Waals surface area contributed by atoms with Crippen molar-refractivity contribution in [2.45, 2.75) is 19.5 Å². The maximum absolute atomic E-state index is 13.8. The molecule has 0 saturated carbocycles. The van der Waals surface area contributed by atoms with Crippen LogP contribution in [0.2, 0.25) is 0 Å². The summed E-state index contributed by atoms with van der Waals surface area (Å²) in [7, 11) is 0. The van der Waals surface area contributed by atoms with Gasteiger partial charge in [0, 0.05) is 41.0 Å². The second-order valence-electron chi connectivity index (χ2n) is 5.43. The second kappa shape index (κ2) is 6.78. The first-order valence-corrected chi connectivity index (χ1v) is 8.09. The molecule has 0 amide bonds. The molecule has 124 valence electrons. The van der Waals surface area contributed by atoms with Crippen LogP contribution in [0, 0.1) is 11.6 Å². The van der Waals surface area contributed by atoms with E-state index in [2.05, 4.69) is 26.2 Å². The minimum absolute atomic E-state index is 0.196. The predicted molar refractivity (Wildman–Crippen MR) is 90.8 cm³/mol. The molecule has 24 heavy (non-hydrogen) atoms. The van der Waals surface area contributed by atoms with E-state index in [4.69, 9.17) is 0 Å². The van der Waals surface area contributed by atoms with Gasteiger partial charge in [-0.1, -0.05) is 6.07 Å². The number of nitrogens with one attached hydrogen (secondary N) is 1. The van der Waals surface area contributed by atoms with E-state index in [0.717, 1.165) is 10.5 Å². The number of benzene rings is 1. The number of aromatic nitrogens is 2.